The summed E-state index contributed by atoms with van der Waals surface area (Å²) >= 11 is 0. The second-order valence-corrected chi connectivity index (χ2v) is 15.9. The van der Waals surface area contributed by atoms with Gasteiger partial charge in [0.2, 0.25) is 0 Å². The molecule has 1 fully saturated rings. The van der Waals surface area contributed by atoms with Crippen molar-refractivity contribution in [2.24, 2.45) is 0 Å². The third-order valence-corrected chi connectivity index (χ3v) is 10.5. The molecule has 1 rings (SSSR count). The molecule has 320 valence electrons. The number of rotatable bonds is 33. The van der Waals surface area contributed by atoms with Crippen molar-refractivity contribution in [2.75, 3.05) is 13.2 Å². The van der Waals surface area contributed by atoms with E-state index < -0.39 is 75.7 Å². The quantitative estimate of drug-likeness (QED) is 0.0170. The van der Waals surface area contributed by atoms with Crippen molar-refractivity contribution < 1.29 is 63.1 Å². The highest BCUT2D eigenvalue weighted by Gasteiger charge is 2.51. The summed E-state index contributed by atoms with van der Waals surface area (Å²) in [6.45, 7) is 3.20. The van der Waals surface area contributed by atoms with Crippen molar-refractivity contribution in [3.8, 4) is 0 Å². The molecule has 55 heavy (non-hydrogen) atoms. The molecule has 0 aromatic carbocycles. The first kappa shape index (κ1) is 51.1. The van der Waals surface area contributed by atoms with Crippen molar-refractivity contribution in [1.29, 1.82) is 0 Å². The van der Waals surface area contributed by atoms with Gasteiger partial charge in [0.25, 0.3) is 0 Å². The van der Waals surface area contributed by atoms with Gasteiger partial charge in [-0.05, 0) is 51.4 Å². The average molecular weight is 805 g/mol. The fourth-order valence-electron chi connectivity index (χ4n) is 6.06. The molecule has 0 aliphatic heterocycles. The lowest BCUT2D eigenvalue weighted by Gasteiger charge is -2.41. The second kappa shape index (κ2) is 32.1. The molecule has 14 heteroatoms. The predicted molar refractivity (Wildman–Crippen MR) is 212 cm³/mol. The standard InChI is InChI=1S/C41H73O13P/c1-3-5-7-9-11-13-15-16-17-18-20-22-24-26-28-30-35(43)53-33(31-51-34(42)29-27-25-23-21-19-14-12-10-8-6-4-2)32-52-55(49,50)54-41-39(47)37(45)36(44)38(46)40(41)48/h11,13,16-17,20,22,33,36-41,44-48H,3-10,12,14-15,18-19,21,23-32H2,1-2H3,(H,49,50)/b13-11+,17-16+,22-20+/t33-,36?,37-,38?,39?,40?,41?/m1/s1. The van der Waals surface area contributed by atoms with Gasteiger partial charge < -0.3 is 39.9 Å². The normalized spacial score (nSPS) is 23.4. The van der Waals surface area contributed by atoms with Crippen LogP contribution in [0.2, 0.25) is 0 Å². The Bertz CT molecular complexity index is 1110. The molecular formula is C41H73O13P. The van der Waals surface area contributed by atoms with Crippen molar-refractivity contribution in [3.05, 3.63) is 36.5 Å². The summed E-state index contributed by atoms with van der Waals surface area (Å²) < 4.78 is 33.3. The van der Waals surface area contributed by atoms with Gasteiger partial charge in [-0.3, -0.25) is 18.6 Å². The predicted octanol–water partition coefficient (Wildman–Crippen LogP) is 7.05. The van der Waals surface area contributed by atoms with Gasteiger partial charge in [-0.2, -0.15) is 0 Å². The van der Waals surface area contributed by atoms with Gasteiger partial charge in [0.15, 0.2) is 6.10 Å². The third-order valence-electron chi connectivity index (χ3n) is 9.48. The first-order valence-corrected chi connectivity index (χ1v) is 22.3. The van der Waals surface area contributed by atoms with Crippen LogP contribution < -0.4 is 0 Å². The Morgan fingerprint density at radius 2 is 0.982 bits per heavy atom. The first-order valence-electron chi connectivity index (χ1n) is 20.8. The van der Waals surface area contributed by atoms with E-state index in [4.69, 9.17) is 18.5 Å². The highest BCUT2D eigenvalue weighted by Crippen LogP contribution is 2.47. The molecule has 6 N–H and O–H groups in total. The molecule has 0 spiro atoms. The fraction of sp³-hybridized carbons (Fsp3) is 0.805. The maximum Gasteiger partial charge on any atom is 0.472 e. The molecule has 0 saturated heterocycles. The maximum atomic E-state index is 12.8. The first-order chi connectivity index (χ1) is 26.4. The van der Waals surface area contributed by atoms with Crippen LogP contribution in [-0.2, 0) is 32.7 Å². The Kier molecular flexibility index (Phi) is 29.8. The van der Waals surface area contributed by atoms with E-state index in [1.807, 2.05) is 0 Å². The van der Waals surface area contributed by atoms with Crippen LogP contribution in [0, 0.1) is 0 Å². The smallest absolute Gasteiger partial charge is 0.462 e. The summed E-state index contributed by atoms with van der Waals surface area (Å²) in [6.07, 6.45) is 20.7. The lowest BCUT2D eigenvalue weighted by molar-refractivity contribution is -0.220. The van der Waals surface area contributed by atoms with E-state index in [1.165, 1.54) is 64.2 Å². The summed E-state index contributed by atoms with van der Waals surface area (Å²) in [4.78, 5) is 35.5. The zero-order valence-electron chi connectivity index (χ0n) is 33.5. The number of aliphatic hydroxyl groups is 5. The Morgan fingerprint density at radius 1 is 0.564 bits per heavy atom. The Hall–Kier alpha value is -1.93. The molecule has 1 aliphatic carbocycles. The van der Waals surface area contributed by atoms with Crippen LogP contribution in [0.4, 0.5) is 0 Å². The third kappa shape index (κ3) is 25.1. The summed E-state index contributed by atoms with van der Waals surface area (Å²) in [5.41, 5.74) is 0. The monoisotopic (exact) mass is 804 g/mol. The Labute approximate surface area is 329 Å². The minimum Gasteiger partial charge on any atom is -0.462 e. The SMILES string of the molecule is CCCCC/C=C/C/C=C/C/C=C/CCCCC(=O)O[C@H](COC(=O)CCCCCCCCCCCCC)COP(=O)(O)OC1C(O)C(O)C(O)[C@@H](O)C1O. The molecule has 1 aliphatic rings. The molecule has 1 saturated carbocycles. The average Bonchev–Trinajstić information content (AvgIpc) is 3.16. The van der Waals surface area contributed by atoms with Gasteiger partial charge >= 0.3 is 19.8 Å². The molecular weight excluding hydrogens is 731 g/mol. The molecule has 0 aromatic rings. The van der Waals surface area contributed by atoms with Gasteiger partial charge in [-0.1, -0.05) is 127 Å². The fourth-order valence-corrected chi connectivity index (χ4v) is 7.03. The summed E-state index contributed by atoms with van der Waals surface area (Å²) in [7, 11) is -5.12. The Morgan fingerprint density at radius 3 is 1.53 bits per heavy atom. The van der Waals surface area contributed by atoms with Gasteiger partial charge in [-0.25, -0.2) is 4.57 Å². The number of phosphoric acid groups is 1. The van der Waals surface area contributed by atoms with Gasteiger partial charge in [0.1, 0.15) is 43.2 Å². The van der Waals surface area contributed by atoms with Crippen LogP contribution in [0.1, 0.15) is 155 Å². The summed E-state index contributed by atoms with van der Waals surface area (Å²) in [5.74, 6) is -1.15. The number of allylic oxidation sites excluding steroid dienone is 6. The number of phosphoric ester groups is 1. The van der Waals surface area contributed by atoms with E-state index in [0.29, 0.717) is 12.8 Å². The summed E-state index contributed by atoms with van der Waals surface area (Å²) in [5, 5.41) is 50.0. The lowest BCUT2D eigenvalue weighted by Crippen LogP contribution is -2.64. The second-order valence-electron chi connectivity index (χ2n) is 14.5. The van der Waals surface area contributed by atoms with Crippen molar-refractivity contribution in [1.82, 2.24) is 0 Å². The van der Waals surface area contributed by atoms with Gasteiger partial charge in [0, 0.05) is 12.8 Å². The van der Waals surface area contributed by atoms with Crippen molar-refractivity contribution in [3.63, 3.8) is 0 Å². The van der Waals surface area contributed by atoms with Crippen LogP contribution in [0.25, 0.3) is 0 Å². The minimum absolute atomic E-state index is 0.0490. The van der Waals surface area contributed by atoms with Crippen molar-refractivity contribution in [2.45, 2.75) is 198 Å². The number of esters is 2. The number of hydrogen-bond acceptors (Lipinski definition) is 12. The maximum absolute atomic E-state index is 12.8. The van der Waals surface area contributed by atoms with Crippen molar-refractivity contribution >= 4 is 19.8 Å². The van der Waals surface area contributed by atoms with E-state index in [9.17, 15) is 44.6 Å². The Balaban J connectivity index is 2.55. The van der Waals surface area contributed by atoms with Crippen LogP contribution in [0.15, 0.2) is 36.5 Å². The topological polar surface area (TPSA) is 210 Å². The molecule has 0 radical (unpaired) electrons. The van der Waals surface area contributed by atoms with E-state index in [2.05, 4.69) is 50.3 Å². The number of hydrogen-bond donors (Lipinski definition) is 6. The molecule has 0 heterocycles. The van der Waals surface area contributed by atoms with E-state index in [0.717, 1.165) is 51.4 Å². The minimum atomic E-state index is -5.12. The van der Waals surface area contributed by atoms with Crippen LogP contribution in [0.5, 0.6) is 0 Å². The zero-order chi connectivity index (χ0) is 40.7. The molecule has 0 bridgehead atoms. The van der Waals surface area contributed by atoms with Gasteiger partial charge in [-0.15, -0.1) is 0 Å². The number of ether oxygens (including phenoxy) is 2. The molecule has 0 amide bonds. The summed E-state index contributed by atoms with van der Waals surface area (Å²) in [6, 6.07) is 0. The molecule has 6 unspecified atom stereocenters. The van der Waals surface area contributed by atoms with Crippen LogP contribution in [0.3, 0.4) is 0 Å². The molecule has 8 atom stereocenters. The van der Waals surface area contributed by atoms with Gasteiger partial charge in [0.05, 0.1) is 6.61 Å². The number of unbranched alkanes of at least 4 members (excludes halogenated alkanes) is 15. The molecule has 0 aromatic heterocycles. The lowest BCUT2D eigenvalue weighted by atomic mass is 9.85. The number of carbonyl (C=O) groups is 2. The van der Waals surface area contributed by atoms with E-state index >= 15 is 0 Å². The van der Waals surface area contributed by atoms with Crippen LogP contribution in [-0.4, -0.2) is 98.3 Å². The number of aliphatic hydroxyl groups excluding tert-OH is 5. The number of carbonyl (C=O) groups excluding carboxylic acids is 2. The largest absolute Gasteiger partial charge is 0.472 e. The highest BCUT2D eigenvalue weighted by atomic mass is 31.2. The zero-order valence-corrected chi connectivity index (χ0v) is 34.4. The van der Waals surface area contributed by atoms with E-state index in [-0.39, 0.29) is 12.8 Å². The van der Waals surface area contributed by atoms with Crippen LogP contribution >= 0.6 is 7.82 Å². The van der Waals surface area contributed by atoms with E-state index in [1.54, 1.807) is 0 Å². The molecule has 13 nitrogen and oxygen atoms in total. The highest BCUT2D eigenvalue weighted by molar-refractivity contribution is 7.47.